The Morgan fingerprint density at radius 1 is 1.25 bits per heavy atom. The molecule has 1 saturated carbocycles. The largest absolute Gasteiger partial charge is 0.0651 e. The Kier molecular flexibility index (Phi) is 2.85. The van der Waals surface area contributed by atoms with E-state index in [0.29, 0.717) is 5.41 Å². The van der Waals surface area contributed by atoms with Gasteiger partial charge in [-0.3, -0.25) is 0 Å². The van der Waals surface area contributed by atoms with E-state index in [9.17, 15) is 0 Å². The number of hydrogen-bond donors (Lipinski definition) is 0. The Bertz CT molecular complexity index is 135. The lowest BCUT2D eigenvalue weighted by atomic mass is 9.62. The molecule has 0 saturated heterocycles. The van der Waals surface area contributed by atoms with Crippen LogP contribution in [0.5, 0.6) is 0 Å². The van der Waals surface area contributed by atoms with Gasteiger partial charge in [0, 0.05) is 0 Å². The van der Waals surface area contributed by atoms with Gasteiger partial charge < -0.3 is 0 Å². The molecule has 0 amide bonds. The van der Waals surface area contributed by atoms with Crippen molar-refractivity contribution in [3.8, 4) is 0 Å². The molecule has 1 unspecified atom stereocenters. The molecule has 0 aromatic rings. The molecule has 12 heavy (non-hydrogen) atoms. The lowest BCUT2D eigenvalue weighted by molar-refractivity contribution is 0.0628. The molecule has 0 N–H and O–H groups in total. The molecule has 0 aromatic carbocycles. The van der Waals surface area contributed by atoms with Crippen molar-refractivity contribution >= 4 is 0 Å². The minimum absolute atomic E-state index is 0.517. The molecular formula is C12H24. The van der Waals surface area contributed by atoms with E-state index in [-0.39, 0.29) is 0 Å². The molecule has 0 bridgehead atoms. The molecule has 0 heteroatoms. The highest BCUT2D eigenvalue weighted by Crippen LogP contribution is 2.46. The molecule has 1 rings (SSSR count). The highest BCUT2D eigenvalue weighted by molar-refractivity contribution is 4.86. The van der Waals surface area contributed by atoms with E-state index in [1.165, 1.54) is 19.3 Å². The molecule has 1 fully saturated rings. The fourth-order valence-electron chi connectivity index (χ4n) is 2.24. The second kappa shape index (κ2) is 3.40. The molecule has 0 aliphatic heterocycles. The second-order valence-corrected chi connectivity index (χ2v) is 5.66. The average molecular weight is 168 g/mol. The van der Waals surface area contributed by atoms with Gasteiger partial charge in [-0.05, 0) is 36.0 Å². The summed E-state index contributed by atoms with van der Waals surface area (Å²) < 4.78 is 0. The summed E-state index contributed by atoms with van der Waals surface area (Å²) in [5.41, 5.74) is 0.517. The average Bonchev–Trinajstić information content (AvgIpc) is 1.83. The normalized spacial score (nSPS) is 32.8. The maximum absolute atomic E-state index is 2.43. The summed E-state index contributed by atoms with van der Waals surface area (Å²) in [6.07, 6.45) is 4.39. The van der Waals surface area contributed by atoms with Crippen LogP contribution in [-0.2, 0) is 0 Å². The number of rotatable bonds is 2. The van der Waals surface area contributed by atoms with Gasteiger partial charge >= 0.3 is 0 Å². The van der Waals surface area contributed by atoms with E-state index in [0.717, 1.165) is 17.8 Å². The molecule has 0 radical (unpaired) electrons. The quantitative estimate of drug-likeness (QED) is 0.582. The smallest absolute Gasteiger partial charge is 0.0354 e. The molecule has 72 valence electrons. The van der Waals surface area contributed by atoms with Gasteiger partial charge in [0.1, 0.15) is 0 Å². The first-order chi connectivity index (χ1) is 5.45. The van der Waals surface area contributed by atoms with Gasteiger partial charge in [0.2, 0.25) is 0 Å². The summed E-state index contributed by atoms with van der Waals surface area (Å²) in [5.74, 6) is 2.98. The minimum Gasteiger partial charge on any atom is -0.0651 e. The van der Waals surface area contributed by atoms with E-state index in [1.54, 1.807) is 0 Å². The second-order valence-electron chi connectivity index (χ2n) is 5.66. The van der Waals surface area contributed by atoms with Crippen molar-refractivity contribution < 1.29 is 0 Å². The first kappa shape index (κ1) is 10.1. The van der Waals surface area contributed by atoms with E-state index in [2.05, 4.69) is 34.6 Å². The lowest BCUT2D eigenvalue weighted by Crippen LogP contribution is -2.34. The van der Waals surface area contributed by atoms with Crippen molar-refractivity contribution in [3.05, 3.63) is 0 Å². The summed E-state index contributed by atoms with van der Waals surface area (Å²) in [4.78, 5) is 0. The predicted octanol–water partition coefficient (Wildman–Crippen LogP) is 4.10. The Morgan fingerprint density at radius 3 is 2.08 bits per heavy atom. The number of hydrogen-bond acceptors (Lipinski definition) is 0. The lowest BCUT2D eigenvalue weighted by Gasteiger charge is -2.44. The summed E-state index contributed by atoms with van der Waals surface area (Å²) in [5, 5.41) is 0. The summed E-state index contributed by atoms with van der Waals surface area (Å²) in [6, 6.07) is 0. The van der Waals surface area contributed by atoms with E-state index in [1.807, 2.05) is 0 Å². The maximum Gasteiger partial charge on any atom is -0.0354 e. The third-order valence-corrected chi connectivity index (χ3v) is 3.92. The first-order valence-electron chi connectivity index (χ1n) is 5.45. The van der Waals surface area contributed by atoms with E-state index in [4.69, 9.17) is 0 Å². The molecule has 0 aromatic heterocycles. The van der Waals surface area contributed by atoms with E-state index < -0.39 is 0 Å². The predicted molar refractivity (Wildman–Crippen MR) is 55.1 cm³/mol. The third kappa shape index (κ3) is 2.02. The highest BCUT2D eigenvalue weighted by atomic mass is 14.4. The van der Waals surface area contributed by atoms with Crippen LogP contribution in [0.4, 0.5) is 0 Å². The van der Waals surface area contributed by atoms with Gasteiger partial charge in [-0.15, -0.1) is 0 Å². The van der Waals surface area contributed by atoms with Crippen molar-refractivity contribution in [1.29, 1.82) is 0 Å². The molecule has 0 nitrogen and oxygen atoms in total. The van der Waals surface area contributed by atoms with Crippen LogP contribution in [0.2, 0.25) is 0 Å². The van der Waals surface area contributed by atoms with Crippen LogP contribution in [0.25, 0.3) is 0 Å². The van der Waals surface area contributed by atoms with Crippen LogP contribution in [0.3, 0.4) is 0 Å². The standard InChI is InChI=1S/C12H24/c1-6-10-7-11(8-10)9(2)12(3,4)5/h9-11H,6-8H2,1-5H3. The third-order valence-electron chi connectivity index (χ3n) is 3.92. The van der Waals surface area contributed by atoms with Crippen LogP contribution in [0.1, 0.15) is 53.9 Å². The summed E-state index contributed by atoms with van der Waals surface area (Å²) in [7, 11) is 0. The summed E-state index contributed by atoms with van der Waals surface area (Å²) in [6.45, 7) is 11.9. The van der Waals surface area contributed by atoms with Crippen LogP contribution < -0.4 is 0 Å². The van der Waals surface area contributed by atoms with Crippen molar-refractivity contribution in [2.45, 2.75) is 53.9 Å². The van der Waals surface area contributed by atoms with Crippen LogP contribution in [-0.4, -0.2) is 0 Å². The molecule has 1 aliphatic carbocycles. The van der Waals surface area contributed by atoms with Gasteiger partial charge in [-0.25, -0.2) is 0 Å². The molecule has 1 aliphatic rings. The van der Waals surface area contributed by atoms with Gasteiger partial charge in [0.25, 0.3) is 0 Å². The Labute approximate surface area is 77.7 Å². The first-order valence-corrected chi connectivity index (χ1v) is 5.45. The van der Waals surface area contributed by atoms with Crippen molar-refractivity contribution in [3.63, 3.8) is 0 Å². The van der Waals surface area contributed by atoms with E-state index >= 15 is 0 Å². The Balaban J connectivity index is 2.33. The Hall–Kier alpha value is 0. The fourth-order valence-corrected chi connectivity index (χ4v) is 2.24. The molecule has 0 spiro atoms. The van der Waals surface area contributed by atoms with Crippen molar-refractivity contribution in [2.24, 2.45) is 23.2 Å². The molecule has 1 atom stereocenters. The van der Waals surface area contributed by atoms with Gasteiger partial charge in [-0.1, -0.05) is 41.0 Å². The summed E-state index contributed by atoms with van der Waals surface area (Å²) >= 11 is 0. The Morgan fingerprint density at radius 2 is 1.75 bits per heavy atom. The molecule has 0 heterocycles. The molecular weight excluding hydrogens is 144 g/mol. The van der Waals surface area contributed by atoms with Crippen LogP contribution >= 0.6 is 0 Å². The SMILES string of the molecule is CCC1CC(C(C)C(C)(C)C)C1. The fraction of sp³-hybridized carbons (Fsp3) is 1.00. The van der Waals surface area contributed by atoms with Crippen LogP contribution in [0, 0.1) is 23.2 Å². The zero-order valence-electron chi connectivity index (χ0n) is 9.35. The topological polar surface area (TPSA) is 0 Å². The zero-order chi connectivity index (χ0) is 9.35. The maximum atomic E-state index is 2.43. The van der Waals surface area contributed by atoms with Gasteiger partial charge in [0.05, 0.1) is 0 Å². The zero-order valence-corrected chi connectivity index (χ0v) is 9.35. The highest BCUT2D eigenvalue weighted by Gasteiger charge is 2.36. The van der Waals surface area contributed by atoms with Crippen molar-refractivity contribution in [1.82, 2.24) is 0 Å². The monoisotopic (exact) mass is 168 g/mol. The minimum atomic E-state index is 0.517. The van der Waals surface area contributed by atoms with Crippen molar-refractivity contribution in [2.75, 3.05) is 0 Å². The van der Waals surface area contributed by atoms with Gasteiger partial charge in [0.15, 0.2) is 0 Å². The van der Waals surface area contributed by atoms with Gasteiger partial charge in [-0.2, -0.15) is 0 Å². The van der Waals surface area contributed by atoms with Crippen LogP contribution in [0.15, 0.2) is 0 Å².